The van der Waals surface area contributed by atoms with E-state index in [1.165, 1.54) is 0 Å². The molecular weight excluding hydrogens is 230 g/mol. The summed E-state index contributed by atoms with van der Waals surface area (Å²) in [6.07, 6.45) is 2.38. The quantitative estimate of drug-likeness (QED) is 0.787. The van der Waals surface area contributed by atoms with Crippen molar-refractivity contribution in [3.05, 3.63) is 35.7 Å². The first-order chi connectivity index (χ1) is 8.66. The van der Waals surface area contributed by atoms with E-state index in [9.17, 15) is 9.90 Å². The molecule has 1 aliphatic rings. The third-order valence-corrected chi connectivity index (χ3v) is 3.29. The number of hydrogen-bond donors (Lipinski definition) is 2. The predicted octanol–water partition coefficient (Wildman–Crippen LogP) is 1.08. The lowest BCUT2D eigenvalue weighted by atomic mass is 10.1. The number of nitrogens with one attached hydrogen (secondary N) is 1. The van der Waals surface area contributed by atoms with Crippen LogP contribution >= 0.6 is 0 Å². The number of aromatic hydroxyl groups is 1. The van der Waals surface area contributed by atoms with E-state index in [0.29, 0.717) is 6.54 Å². The first kappa shape index (κ1) is 10.8. The third-order valence-electron chi connectivity index (χ3n) is 3.29. The zero-order chi connectivity index (χ0) is 12.7. The minimum Gasteiger partial charge on any atom is -0.493 e. The van der Waals surface area contributed by atoms with E-state index in [2.05, 4.69) is 10.3 Å². The largest absolute Gasteiger partial charge is 0.493 e. The number of fused-ring (bicyclic) bond motifs is 1. The zero-order valence-electron chi connectivity index (χ0n) is 9.97. The molecule has 3 rings (SSSR count). The molecular formula is C13H13N3O2. The topological polar surface area (TPSA) is 67.2 Å². The van der Waals surface area contributed by atoms with Crippen molar-refractivity contribution in [2.75, 3.05) is 6.54 Å². The molecule has 2 N–H and O–H groups in total. The van der Waals surface area contributed by atoms with Gasteiger partial charge in [-0.2, -0.15) is 0 Å². The van der Waals surface area contributed by atoms with E-state index in [1.807, 2.05) is 23.7 Å². The smallest absolute Gasteiger partial charge is 0.253 e. The highest BCUT2D eigenvalue weighted by molar-refractivity contribution is 5.98. The van der Waals surface area contributed by atoms with Gasteiger partial charge in [-0.25, -0.2) is 4.98 Å². The van der Waals surface area contributed by atoms with Gasteiger partial charge in [-0.15, -0.1) is 0 Å². The highest BCUT2D eigenvalue weighted by atomic mass is 16.3. The molecule has 1 amide bonds. The number of hydrogen-bond acceptors (Lipinski definition) is 3. The Hall–Kier alpha value is -2.30. The Morgan fingerprint density at radius 1 is 1.44 bits per heavy atom. The molecule has 0 bridgehead atoms. The van der Waals surface area contributed by atoms with Crippen LogP contribution in [0.1, 0.15) is 16.1 Å². The minimum atomic E-state index is -0.0311. The van der Waals surface area contributed by atoms with Gasteiger partial charge in [0.2, 0.25) is 5.88 Å². The van der Waals surface area contributed by atoms with E-state index in [4.69, 9.17) is 0 Å². The number of amides is 1. The van der Waals surface area contributed by atoms with Gasteiger partial charge in [-0.05, 0) is 12.1 Å². The first-order valence-electron chi connectivity index (χ1n) is 5.79. The van der Waals surface area contributed by atoms with E-state index in [1.54, 1.807) is 12.3 Å². The molecule has 0 fully saturated rings. The molecule has 92 valence electrons. The maximum atomic E-state index is 11.8. The summed E-state index contributed by atoms with van der Waals surface area (Å²) in [6.45, 7) is 0.671. The Morgan fingerprint density at radius 3 is 3.00 bits per heavy atom. The molecule has 0 atom stereocenters. The number of aromatic nitrogens is 2. The highest BCUT2D eigenvalue weighted by Gasteiger charge is 2.22. The average Bonchev–Trinajstić information content (AvgIpc) is 2.69. The molecule has 0 radical (unpaired) electrons. The number of carbonyl (C=O) groups is 1. The maximum absolute atomic E-state index is 11.8. The predicted molar refractivity (Wildman–Crippen MR) is 66.3 cm³/mol. The Labute approximate surface area is 104 Å². The van der Waals surface area contributed by atoms with Gasteiger partial charge in [0.15, 0.2) is 0 Å². The van der Waals surface area contributed by atoms with Crippen LogP contribution < -0.4 is 5.32 Å². The Balaban J connectivity index is 2.17. The molecule has 2 aromatic heterocycles. The molecule has 18 heavy (non-hydrogen) atoms. The van der Waals surface area contributed by atoms with Gasteiger partial charge in [0.1, 0.15) is 0 Å². The monoisotopic (exact) mass is 243 g/mol. The van der Waals surface area contributed by atoms with Crippen LogP contribution in [0.5, 0.6) is 5.88 Å². The summed E-state index contributed by atoms with van der Waals surface area (Å²) in [6, 6.07) is 5.27. The van der Waals surface area contributed by atoms with Crippen LogP contribution in [0.4, 0.5) is 0 Å². The molecule has 2 aromatic rings. The van der Waals surface area contributed by atoms with Crippen molar-refractivity contribution in [1.29, 1.82) is 0 Å². The SMILES string of the molecule is Cn1c(-c2ccnc(O)c2)cc2c1CCNC2=O. The Kier molecular flexibility index (Phi) is 2.33. The minimum absolute atomic E-state index is 0.0175. The van der Waals surface area contributed by atoms with Crippen LogP contribution in [0.25, 0.3) is 11.3 Å². The summed E-state index contributed by atoms with van der Waals surface area (Å²) in [5.41, 5.74) is 3.52. The first-order valence-corrected chi connectivity index (χ1v) is 5.79. The Bertz CT molecular complexity index is 631. The van der Waals surface area contributed by atoms with Crippen LogP contribution in [-0.4, -0.2) is 27.1 Å². The van der Waals surface area contributed by atoms with Crippen LogP contribution in [0, 0.1) is 0 Å². The summed E-state index contributed by atoms with van der Waals surface area (Å²) in [7, 11) is 1.93. The second kappa shape index (κ2) is 3.87. The van der Waals surface area contributed by atoms with E-state index >= 15 is 0 Å². The number of pyridine rings is 1. The van der Waals surface area contributed by atoms with Gasteiger partial charge in [0, 0.05) is 49.2 Å². The van der Waals surface area contributed by atoms with Gasteiger partial charge < -0.3 is 15.0 Å². The van der Waals surface area contributed by atoms with Crippen molar-refractivity contribution < 1.29 is 9.90 Å². The van der Waals surface area contributed by atoms with Crippen molar-refractivity contribution in [3.8, 4) is 17.1 Å². The van der Waals surface area contributed by atoms with Gasteiger partial charge in [0.05, 0.1) is 5.56 Å². The summed E-state index contributed by atoms with van der Waals surface area (Å²) in [4.78, 5) is 15.5. The lowest BCUT2D eigenvalue weighted by Gasteiger charge is -2.14. The molecule has 0 aliphatic carbocycles. The zero-order valence-corrected chi connectivity index (χ0v) is 9.97. The van der Waals surface area contributed by atoms with E-state index in [0.717, 1.165) is 28.9 Å². The van der Waals surface area contributed by atoms with Crippen LogP contribution in [0.3, 0.4) is 0 Å². The molecule has 0 saturated heterocycles. The van der Waals surface area contributed by atoms with Gasteiger partial charge in [-0.1, -0.05) is 0 Å². The summed E-state index contributed by atoms with van der Waals surface area (Å²) in [5.74, 6) is -0.0486. The van der Waals surface area contributed by atoms with Crippen molar-refractivity contribution >= 4 is 5.91 Å². The van der Waals surface area contributed by atoms with Crippen LogP contribution in [-0.2, 0) is 13.5 Å². The second-order valence-corrected chi connectivity index (χ2v) is 4.36. The van der Waals surface area contributed by atoms with Crippen molar-refractivity contribution in [2.45, 2.75) is 6.42 Å². The van der Waals surface area contributed by atoms with Crippen molar-refractivity contribution in [3.63, 3.8) is 0 Å². The average molecular weight is 243 g/mol. The summed E-state index contributed by atoms with van der Waals surface area (Å²) < 4.78 is 2.00. The Morgan fingerprint density at radius 2 is 2.28 bits per heavy atom. The number of nitrogens with zero attached hydrogens (tertiary/aromatic N) is 2. The van der Waals surface area contributed by atoms with Gasteiger partial charge in [-0.3, -0.25) is 4.79 Å². The van der Waals surface area contributed by atoms with E-state index < -0.39 is 0 Å². The van der Waals surface area contributed by atoms with Gasteiger partial charge in [0.25, 0.3) is 5.91 Å². The fourth-order valence-corrected chi connectivity index (χ4v) is 2.39. The van der Waals surface area contributed by atoms with Crippen LogP contribution in [0.15, 0.2) is 24.4 Å². The standard InChI is InChI=1S/C13H13N3O2/c1-16-10-3-5-15-13(18)9(10)7-11(16)8-2-4-14-12(17)6-8/h2,4,6-7H,3,5H2,1H3,(H,14,17)(H,15,18). The lowest BCUT2D eigenvalue weighted by molar-refractivity contribution is 0.0945. The molecule has 0 saturated carbocycles. The second-order valence-electron chi connectivity index (χ2n) is 4.36. The third kappa shape index (κ3) is 1.55. The fraction of sp³-hybridized carbons (Fsp3) is 0.231. The molecule has 0 unspecified atom stereocenters. The molecule has 0 aromatic carbocycles. The fourth-order valence-electron chi connectivity index (χ4n) is 2.39. The van der Waals surface area contributed by atoms with E-state index in [-0.39, 0.29) is 11.8 Å². The molecule has 1 aliphatic heterocycles. The highest BCUT2D eigenvalue weighted by Crippen LogP contribution is 2.27. The van der Waals surface area contributed by atoms with Crippen LogP contribution in [0.2, 0.25) is 0 Å². The maximum Gasteiger partial charge on any atom is 0.253 e. The normalized spacial score (nSPS) is 14.2. The molecule has 3 heterocycles. The number of rotatable bonds is 1. The molecule has 5 nitrogen and oxygen atoms in total. The number of carbonyl (C=O) groups excluding carboxylic acids is 1. The van der Waals surface area contributed by atoms with Crippen molar-refractivity contribution in [2.24, 2.45) is 7.05 Å². The molecule has 5 heteroatoms. The molecule has 0 spiro atoms. The summed E-state index contributed by atoms with van der Waals surface area (Å²) >= 11 is 0. The lowest BCUT2D eigenvalue weighted by Crippen LogP contribution is -2.31. The summed E-state index contributed by atoms with van der Waals surface area (Å²) in [5, 5.41) is 12.2. The van der Waals surface area contributed by atoms with Gasteiger partial charge >= 0.3 is 0 Å². The van der Waals surface area contributed by atoms with Crippen molar-refractivity contribution in [1.82, 2.24) is 14.9 Å².